The third-order valence-corrected chi connectivity index (χ3v) is 5.23. The summed E-state index contributed by atoms with van der Waals surface area (Å²) in [6.45, 7) is 3.55. The van der Waals surface area contributed by atoms with Gasteiger partial charge in [0.2, 0.25) is 0 Å². The zero-order valence-electron chi connectivity index (χ0n) is 14.8. The number of amides is 1. The van der Waals surface area contributed by atoms with Crippen LogP contribution in [0.2, 0.25) is 0 Å². The Morgan fingerprint density at radius 3 is 2.65 bits per heavy atom. The lowest BCUT2D eigenvalue weighted by molar-refractivity contribution is -0.145. The number of benzene rings is 1. The molecule has 1 aliphatic carbocycles. The number of carboxylic acid groups (broad SMARTS) is 1. The van der Waals surface area contributed by atoms with Crippen molar-refractivity contribution in [2.45, 2.75) is 45.1 Å². The zero-order chi connectivity index (χ0) is 18.9. The fourth-order valence-corrected chi connectivity index (χ4v) is 3.68. The molecule has 1 fully saturated rings. The van der Waals surface area contributed by atoms with E-state index in [0.717, 1.165) is 12.8 Å². The van der Waals surface area contributed by atoms with Gasteiger partial charge in [-0.05, 0) is 51.0 Å². The number of aromatic nitrogens is 2. The van der Waals surface area contributed by atoms with Gasteiger partial charge in [-0.3, -0.25) is 9.59 Å². The molecule has 0 radical (unpaired) electrons. The van der Waals surface area contributed by atoms with Gasteiger partial charge in [-0.15, -0.1) is 0 Å². The maximum atomic E-state index is 13.1. The van der Waals surface area contributed by atoms with Crippen molar-refractivity contribution in [3.8, 4) is 5.69 Å². The average molecular weight is 359 g/mol. The van der Waals surface area contributed by atoms with E-state index < -0.39 is 17.4 Å². The maximum Gasteiger partial charge on any atom is 0.308 e. The van der Waals surface area contributed by atoms with E-state index in [1.807, 2.05) is 0 Å². The number of hydrogen-bond acceptors (Lipinski definition) is 3. The van der Waals surface area contributed by atoms with Crippen LogP contribution in [0.25, 0.3) is 5.69 Å². The number of halogens is 1. The lowest BCUT2D eigenvalue weighted by atomic mass is 9.73. The van der Waals surface area contributed by atoms with E-state index >= 15 is 0 Å². The van der Waals surface area contributed by atoms with Crippen LogP contribution >= 0.6 is 0 Å². The summed E-state index contributed by atoms with van der Waals surface area (Å²) in [5.74, 6) is -2.17. The Bertz CT molecular complexity index is 831. The Morgan fingerprint density at radius 2 is 2.00 bits per heavy atom. The average Bonchev–Trinajstić information content (AvgIpc) is 2.97. The van der Waals surface area contributed by atoms with Gasteiger partial charge in [0.15, 0.2) is 0 Å². The summed E-state index contributed by atoms with van der Waals surface area (Å²) in [5, 5.41) is 16.6. The Labute approximate surface area is 151 Å². The minimum atomic E-state index is -0.883. The topological polar surface area (TPSA) is 84.2 Å². The molecule has 2 unspecified atom stereocenters. The second-order valence-corrected chi connectivity index (χ2v) is 7.04. The predicted molar refractivity (Wildman–Crippen MR) is 93.7 cm³/mol. The maximum absolute atomic E-state index is 13.1. The molecule has 6 nitrogen and oxygen atoms in total. The third kappa shape index (κ3) is 3.34. The number of nitrogens with zero attached hydrogens (tertiary/aromatic N) is 2. The molecular formula is C19H22FN3O3. The number of rotatable bonds is 4. The molecule has 1 heterocycles. The van der Waals surface area contributed by atoms with Gasteiger partial charge in [0.05, 0.1) is 34.6 Å². The van der Waals surface area contributed by atoms with Gasteiger partial charge in [0.1, 0.15) is 5.82 Å². The molecule has 138 valence electrons. The predicted octanol–water partition coefficient (Wildman–Crippen LogP) is 3.08. The molecule has 2 N–H and O–H groups in total. The third-order valence-electron chi connectivity index (χ3n) is 5.23. The summed E-state index contributed by atoms with van der Waals surface area (Å²) in [7, 11) is 0. The van der Waals surface area contributed by atoms with Crippen molar-refractivity contribution in [2.24, 2.45) is 5.92 Å². The van der Waals surface area contributed by atoms with Crippen molar-refractivity contribution in [2.75, 3.05) is 0 Å². The summed E-state index contributed by atoms with van der Waals surface area (Å²) in [4.78, 5) is 24.4. The van der Waals surface area contributed by atoms with Gasteiger partial charge in [-0.2, -0.15) is 5.10 Å². The molecule has 1 aromatic carbocycles. The Balaban J connectivity index is 1.84. The van der Waals surface area contributed by atoms with E-state index in [1.165, 1.54) is 18.3 Å². The molecule has 0 saturated heterocycles. The number of nitrogens with one attached hydrogen (secondary N) is 1. The van der Waals surface area contributed by atoms with Crippen LogP contribution in [-0.2, 0) is 4.79 Å². The standard InChI is InChI=1S/C19H22FN3O3/c1-12-15(11-21-23(12)14-8-6-13(20)7-9-14)17(24)22-19(2)10-4-3-5-16(19)18(25)26/h6-9,11,16H,3-5,10H2,1-2H3,(H,22,24)(H,25,26). The Kier molecular flexibility index (Phi) is 4.80. The van der Waals surface area contributed by atoms with Crippen LogP contribution in [0.3, 0.4) is 0 Å². The minimum absolute atomic E-state index is 0.341. The van der Waals surface area contributed by atoms with E-state index in [-0.39, 0.29) is 11.7 Å². The zero-order valence-corrected chi connectivity index (χ0v) is 14.8. The van der Waals surface area contributed by atoms with Gasteiger partial charge < -0.3 is 10.4 Å². The van der Waals surface area contributed by atoms with Crippen LogP contribution in [0.1, 0.15) is 48.7 Å². The van der Waals surface area contributed by atoms with Crippen LogP contribution in [0, 0.1) is 18.7 Å². The number of carbonyl (C=O) groups excluding carboxylic acids is 1. The molecule has 1 amide bonds. The fourth-order valence-electron chi connectivity index (χ4n) is 3.68. The second-order valence-electron chi connectivity index (χ2n) is 7.04. The first-order chi connectivity index (χ1) is 12.3. The number of carbonyl (C=O) groups is 2. The van der Waals surface area contributed by atoms with Crippen LogP contribution in [-0.4, -0.2) is 32.3 Å². The van der Waals surface area contributed by atoms with Crippen LogP contribution < -0.4 is 5.32 Å². The molecule has 7 heteroatoms. The number of carboxylic acids is 1. The van der Waals surface area contributed by atoms with E-state index in [9.17, 15) is 19.1 Å². The molecule has 2 atom stereocenters. The molecule has 2 aromatic rings. The summed E-state index contributed by atoms with van der Waals surface area (Å²) in [6, 6.07) is 5.83. The van der Waals surface area contributed by atoms with E-state index in [4.69, 9.17) is 0 Å². The first-order valence-corrected chi connectivity index (χ1v) is 8.68. The van der Waals surface area contributed by atoms with E-state index in [0.29, 0.717) is 29.8 Å². The van der Waals surface area contributed by atoms with Crippen molar-refractivity contribution in [3.63, 3.8) is 0 Å². The second kappa shape index (κ2) is 6.90. The van der Waals surface area contributed by atoms with Crippen molar-refractivity contribution in [1.82, 2.24) is 15.1 Å². The normalized spacial score (nSPS) is 22.8. The summed E-state index contributed by atoms with van der Waals surface area (Å²) in [5.41, 5.74) is 0.854. The monoisotopic (exact) mass is 359 g/mol. The van der Waals surface area contributed by atoms with E-state index in [1.54, 1.807) is 30.7 Å². The number of hydrogen-bond donors (Lipinski definition) is 2. The Morgan fingerprint density at radius 1 is 1.31 bits per heavy atom. The molecule has 0 spiro atoms. The fraction of sp³-hybridized carbons (Fsp3) is 0.421. The van der Waals surface area contributed by atoms with Gasteiger partial charge in [0, 0.05) is 0 Å². The lowest BCUT2D eigenvalue weighted by Gasteiger charge is -2.39. The van der Waals surface area contributed by atoms with Crippen molar-refractivity contribution in [3.05, 3.63) is 47.5 Å². The Hall–Kier alpha value is -2.70. The summed E-state index contributed by atoms with van der Waals surface area (Å²) < 4.78 is 14.7. The molecule has 0 bridgehead atoms. The highest BCUT2D eigenvalue weighted by Crippen LogP contribution is 2.34. The highest BCUT2D eigenvalue weighted by atomic mass is 19.1. The molecular weight excluding hydrogens is 337 g/mol. The molecule has 0 aliphatic heterocycles. The lowest BCUT2D eigenvalue weighted by Crippen LogP contribution is -2.55. The molecule has 1 aromatic heterocycles. The first kappa shape index (κ1) is 18.1. The molecule has 26 heavy (non-hydrogen) atoms. The highest BCUT2D eigenvalue weighted by molar-refractivity contribution is 5.96. The first-order valence-electron chi connectivity index (χ1n) is 8.68. The molecule has 1 aliphatic rings. The van der Waals surface area contributed by atoms with Crippen molar-refractivity contribution >= 4 is 11.9 Å². The quantitative estimate of drug-likeness (QED) is 0.879. The van der Waals surface area contributed by atoms with Crippen LogP contribution in [0.5, 0.6) is 0 Å². The molecule has 3 rings (SSSR count). The highest BCUT2D eigenvalue weighted by Gasteiger charge is 2.42. The summed E-state index contributed by atoms with van der Waals surface area (Å²) >= 11 is 0. The van der Waals surface area contributed by atoms with Gasteiger partial charge in [0.25, 0.3) is 5.91 Å². The number of aliphatic carboxylic acids is 1. The van der Waals surface area contributed by atoms with Crippen LogP contribution in [0.4, 0.5) is 4.39 Å². The van der Waals surface area contributed by atoms with Gasteiger partial charge >= 0.3 is 5.97 Å². The summed E-state index contributed by atoms with van der Waals surface area (Å²) in [6.07, 6.45) is 4.37. The van der Waals surface area contributed by atoms with Gasteiger partial charge in [-0.1, -0.05) is 12.8 Å². The molecule has 1 saturated carbocycles. The van der Waals surface area contributed by atoms with Crippen molar-refractivity contribution in [1.29, 1.82) is 0 Å². The van der Waals surface area contributed by atoms with Crippen LogP contribution in [0.15, 0.2) is 30.5 Å². The minimum Gasteiger partial charge on any atom is -0.481 e. The largest absolute Gasteiger partial charge is 0.481 e. The SMILES string of the molecule is Cc1c(C(=O)NC2(C)CCCCC2C(=O)O)cnn1-c1ccc(F)cc1. The smallest absolute Gasteiger partial charge is 0.308 e. The van der Waals surface area contributed by atoms with Crippen molar-refractivity contribution < 1.29 is 19.1 Å². The van der Waals surface area contributed by atoms with Gasteiger partial charge in [-0.25, -0.2) is 9.07 Å². The van der Waals surface area contributed by atoms with E-state index in [2.05, 4.69) is 10.4 Å².